The van der Waals surface area contributed by atoms with Crippen molar-refractivity contribution in [1.82, 2.24) is 0 Å². The highest BCUT2D eigenvalue weighted by Crippen LogP contribution is 2.26. The second-order valence-electron chi connectivity index (χ2n) is 4.61. The van der Waals surface area contributed by atoms with Crippen LogP contribution < -0.4 is 20.5 Å². The molecule has 110 valence electrons. The minimum atomic E-state index is -0.285. The molecular formula is C16H18N2O3. The van der Waals surface area contributed by atoms with E-state index in [0.717, 1.165) is 5.56 Å². The van der Waals surface area contributed by atoms with Crippen LogP contribution in [0.4, 0.5) is 11.4 Å². The van der Waals surface area contributed by atoms with Gasteiger partial charge in [-0.1, -0.05) is 6.07 Å². The van der Waals surface area contributed by atoms with Gasteiger partial charge in [0.2, 0.25) is 0 Å². The fourth-order valence-corrected chi connectivity index (χ4v) is 1.95. The summed E-state index contributed by atoms with van der Waals surface area (Å²) in [5, 5.41) is 2.79. The Labute approximate surface area is 123 Å². The fraction of sp³-hybridized carbons (Fsp3) is 0.188. The average Bonchev–Trinajstić information content (AvgIpc) is 2.50. The molecule has 0 bridgehead atoms. The minimum absolute atomic E-state index is 0.285. The number of rotatable bonds is 4. The number of nitrogen functional groups attached to an aromatic ring is 1. The predicted molar refractivity (Wildman–Crippen MR) is 83.1 cm³/mol. The molecule has 0 saturated carbocycles. The van der Waals surface area contributed by atoms with Gasteiger partial charge in [0.1, 0.15) is 11.5 Å². The maximum atomic E-state index is 12.4. The lowest BCUT2D eigenvalue weighted by Gasteiger charge is -2.12. The number of amides is 1. The molecule has 2 aromatic carbocycles. The van der Waals surface area contributed by atoms with Crippen LogP contribution in [-0.2, 0) is 0 Å². The average molecular weight is 286 g/mol. The van der Waals surface area contributed by atoms with Crippen molar-refractivity contribution < 1.29 is 14.3 Å². The molecule has 0 heterocycles. The van der Waals surface area contributed by atoms with Crippen LogP contribution in [0, 0.1) is 6.92 Å². The summed E-state index contributed by atoms with van der Waals surface area (Å²) in [4.78, 5) is 12.4. The molecule has 5 heteroatoms. The molecule has 0 aliphatic carbocycles. The Morgan fingerprint density at radius 1 is 1.10 bits per heavy atom. The van der Waals surface area contributed by atoms with E-state index in [1.165, 1.54) is 7.11 Å². The summed E-state index contributed by atoms with van der Waals surface area (Å²) >= 11 is 0. The summed E-state index contributed by atoms with van der Waals surface area (Å²) in [6.07, 6.45) is 0. The predicted octanol–water partition coefficient (Wildman–Crippen LogP) is 2.85. The molecule has 3 N–H and O–H groups in total. The van der Waals surface area contributed by atoms with Crippen molar-refractivity contribution in [1.29, 1.82) is 0 Å². The van der Waals surface area contributed by atoms with Crippen LogP contribution in [0.2, 0.25) is 0 Å². The first-order chi connectivity index (χ1) is 10.0. The van der Waals surface area contributed by atoms with Gasteiger partial charge in [-0.2, -0.15) is 0 Å². The Hall–Kier alpha value is -2.69. The van der Waals surface area contributed by atoms with Gasteiger partial charge in [-0.3, -0.25) is 4.79 Å². The number of aryl methyl sites for hydroxylation is 1. The second kappa shape index (κ2) is 6.17. The van der Waals surface area contributed by atoms with E-state index >= 15 is 0 Å². The second-order valence-corrected chi connectivity index (χ2v) is 4.61. The topological polar surface area (TPSA) is 73.6 Å². The van der Waals surface area contributed by atoms with Crippen LogP contribution >= 0.6 is 0 Å². The molecule has 0 aliphatic heterocycles. The Balaban J connectivity index is 2.30. The van der Waals surface area contributed by atoms with Crippen molar-refractivity contribution in [2.75, 3.05) is 25.3 Å². The first kappa shape index (κ1) is 14.7. The quantitative estimate of drug-likeness (QED) is 0.848. The number of hydrogen-bond donors (Lipinski definition) is 2. The largest absolute Gasteiger partial charge is 0.497 e. The first-order valence-electron chi connectivity index (χ1n) is 6.44. The van der Waals surface area contributed by atoms with Gasteiger partial charge in [-0.25, -0.2) is 0 Å². The lowest BCUT2D eigenvalue weighted by Crippen LogP contribution is -2.14. The van der Waals surface area contributed by atoms with Gasteiger partial charge in [-0.05, 0) is 36.8 Å². The van der Waals surface area contributed by atoms with Crippen molar-refractivity contribution >= 4 is 17.3 Å². The maximum absolute atomic E-state index is 12.4. The third-order valence-corrected chi connectivity index (χ3v) is 3.11. The van der Waals surface area contributed by atoms with E-state index in [0.29, 0.717) is 28.4 Å². The number of methoxy groups -OCH3 is 2. The molecule has 2 aromatic rings. The molecule has 0 fully saturated rings. The van der Waals surface area contributed by atoms with Crippen molar-refractivity contribution in [2.24, 2.45) is 0 Å². The van der Waals surface area contributed by atoms with Gasteiger partial charge in [0.15, 0.2) is 0 Å². The van der Waals surface area contributed by atoms with Gasteiger partial charge in [0.25, 0.3) is 5.91 Å². The van der Waals surface area contributed by atoms with Gasteiger partial charge < -0.3 is 20.5 Å². The van der Waals surface area contributed by atoms with Crippen molar-refractivity contribution in [3.05, 3.63) is 47.5 Å². The van der Waals surface area contributed by atoms with Gasteiger partial charge in [0, 0.05) is 6.07 Å². The molecule has 0 atom stereocenters. The first-order valence-corrected chi connectivity index (χ1v) is 6.44. The van der Waals surface area contributed by atoms with Gasteiger partial charge in [0.05, 0.1) is 31.2 Å². The van der Waals surface area contributed by atoms with E-state index in [9.17, 15) is 4.79 Å². The molecule has 21 heavy (non-hydrogen) atoms. The van der Waals surface area contributed by atoms with E-state index in [2.05, 4.69) is 5.32 Å². The number of carbonyl (C=O) groups excluding carboxylic acids is 1. The zero-order chi connectivity index (χ0) is 15.4. The van der Waals surface area contributed by atoms with Crippen LogP contribution in [0.3, 0.4) is 0 Å². The number of benzene rings is 2. The number of anilines is 2. The number of ether oxygens (including phenoxy) is 2. The molecule has 0 aromatic heterocycles. The van der Waals surface area contributed by atoms with Gasteiger partial charge in [-0.15, -0.1) is 0 Å². The normalized spacial score (nSPS) is 10.0. The lowest BCUT2D eigenvalue weighted by molar-refractivity contribution is 0.102. The minimum Gasteiger partial charge on any atom is -0.497 e. The van der Waals surface area contributed by atoms with Crippen LogP contribution in [-0.4, -0.2) is 20.1 Å². The zero-order valence-electron chi connectivity index (χ0n) is 12.3. The standard InChI is InChI=1S/C16H18N2O3/c1-10-4-7-13(17)14(8-10)18-16(19)12-6-5-11(20-2)9-15(12)21-3/h4-9H,17H2,1-3H3,(H,18,19). The van der Waals surface area contributed by atoms with E-state index in [4.69, 9.17) is 15.2 Å². The van der Waals surface area contributed by atoms with Crippen molar-refractivity contribution in [2.45, 2.75) is 6.92 Å². The summed E-state index contributed by atoms with van der Waals surface area (Å²) in [7, 11) is 3.06. The Morgan fingerprint density at radius 3 is 2.52 bits per heavy atom. The summed E-state index contributed by atoms with van der Waals surface area (Å²) in [5.41, 5.74) is 8.39. The Morgan fingerprint density at radius 2 is 1.86 bits per heavy atom. The van der Waals surface area contributed by atoms with E-state index in [1.807, 2.05) is 19.1 Å². The molecule has 0 radical (unpaired) electrons. The fourth-order valence-electron chi connectivity index (χ4n) is 1.95. The molecule has 0 saturated heterocycles. The molecule has 5 nitrogen and oxygen atoms in total. The molecular weight excluding hydrogens is 268 g/mol. The summed E-state index contributed by atoms with van der Waals surface area (Å²) < 4.78 is 10.3. The summed E-state index contributed by atoms with van der Waals surface area (Å²) in [6.45, 7) is 1.93. The third kappa shape index (κ3) is 3.25. The molecule has 0 spiro atoms. The highest BCUT2D eigenvalue weighted by Gasteiger charge is 2.14. The van der Waals surface area contributed by atoms with E-state index in [-0.39, 0.29) is 5.91 Å². The number of nitrogens with one attached hydrogen (secondary N) is 1. The summed E-state index contributed by atoms with van der Waals surface area (Å²) in [6, 6.07) is 10.5. The van der Waals surface area contributed by atoms with E-state index in [1.54, 1.807) is 31.4 Å². The maximum Gasteiger partial charge on any atom is 0.259 e. The highest BCUT2D eigenvalue weighted by atomic mass is 16.5. The van der Waals surface area contributed by atoms with Gasteiger partial charge >= 0.3 is 0 Å². The third-order valence-electron chi connectivity index (χ3n) is 3.11. The number of hydrogen-bond acceptors (Lipinski definition) is 4. The molecule has 1 amide bonds. The smallest absolute Gasteiger partial charge is 0.259 e. The Kier molecular flexibility index (Phi) is 4.33. The Bertz CT molecular complexity index is 669. The number of nitrogens with two attached hydrogens (primary N) is 1. The van der Waals surface area contributed by atoms with Crippen LogP contribution in [0.5, 0.6) is 11.5 Å². The van der Waals surface area contributed by atoms with Crippen LogP contribution in [0.1, 0.15) is 15.9 Å². The monoisotopic (exact) mass is 286 g/mol. The molecule has 0 aliphatic rings. The number of carbonyl (C=O) groups is 1. The van der Waals surface area contributed by atoms with Crippen molar-refractivity contribution in [3.63, 3.8) is 0 Å². The highest BCUT2D eigenvalue weighted by molar-refractivity contribution is 6.07. The molecule has 2 rings (SSSR count). The van der Waals surface area contributed by atoms with Crippen LogP contribution in [0.25, 0.3) is 0 Å². The lowest BCUT2D eigenvalue weighted by atomic mass is 10.1. The zero-order valence-corrected chi connectivity index (χ0v) is 12.3. The van der Waals surface area contributed by atoms with E-state index < -0.39 is 0 Å². The van der Waals surface area contributed by atoms with Crippen molar-refractivity contribution in [3.8, 4) is 11.5 Å². The van der Waals surface area contributed by atoms with Crippen LogP contribution in [0.15, 0.2) is 36.4 Å². The SMILES string of the molecule is COc1ccc(C(=O)Nc2cc(C)ccc2N)c(OC)c1. The molecule has 0 unspecified atom stereocenters. The summed E-state index contributed by atoms with van der Waals surface area (Å²) in [5.74, 6) is 0.781.